The van der Waals surface area contributed by atoms with E-state index in [1.54, 1.807) is 18.2 Å². The second-order valence-corrected chi connectivity index (χ2v) is 6.19. The Morgan fingerprint density at radius 1 is 0.833 bits per heavy atom. The average Bonchev–Trinajstić information content (AvgIpc) is 2.35. The van der Waals surface area contributed by atoms with Gasteiger partial charge in [-0.15, -0.1) is 0 Å². The highest BCUT2D eigenvalue weighted by Gasteiger charge is 2.16. The van der Waals surface area contributed by atoms with E-state index in [9.17, 15) is 0 Å². The number of rotatable bonds is 2. The quantitative estimate of drug-likeness (QED) is 0.500. The fraction of sp³-hybridized carbons (Fsp3) is 0.0769. The van der Waals surface area contributed by atoms with Gasteiger partial charge < -0.3 is 0 Å². The van der Waals surface area contributed by atoms with Crippen LogP contribution in [-0.4, -0.2) is 0 Å². The molecule has 0 saturated carbocycles. The Hall–Kier alpha value is 0.0800. The molecule has 0 aliphatic rings. The first-order chi connectivity index (χ1) is 8.50. The lowest BCUT2D eigenvalue weighted by atomic mass is 10.0. The number of benzene rings is 2. The maximum atomic E-state index is 6.19. The van der Waals surface area contributed by atoms with Gasteiger partial charge in [0.2, 0.25) is 0 Å². The Labute approximate surface area is 134 Å². The molecule has 2 aromatic rings. The zero-order valence-corrected chi connectivity index (χ0v) is 13.5. The second-order valence-electron chi connectivity index (χ2n) is 3.68. The Balaban J connectivity index is 2.44. The van der Waals surface area contributed by atoms with Crippen LogP contribution >= 0.6 is 62.3 Å². The van der Waals surface area contributed by atoms with Crippen molar-refractivity contribution in [2.45, 2.75) is 4.83 Å². The third-order valence-electron chi connectivity index (χ3n) is 2.49. The molecule has 0 bridgehead atoms. The standard InChI is InChI=1S/C13H7BrCl4/c14-12(7-4-5-9(15)11(17)6-7)8-2-1-3-10(16)13(8)18/h1-6,12H. The maximum absolute atomic E-state index is 6.19. The summed E-state index contributed by atoms with van der Waals surface area (Å²) in [5, 5.41) is 2.10. The van der Waals surface area contributed by atoms with Crippen LogP contribution in [0.5, 0.6) is 0 Å². The lowest BCUT2D eigenvalue weighted by Gasteiger charge is -2.14. The van der Waals surface area contributed by atoms with Gasteiger partial charge in [0.15, 0.2) is 0 Å². The summed E-state index contributed by atoms with van der Waals surface area (Å²) in [6, 6.07) is 11.0. The minimum absolute atomic E-state index is 0.0848. The van der Waals surface area contributed by atoms with Crippen LogP contribution in [0.2, 0.25) is 20.1 Å². The van der Waals surface area contributed by atoms with E-state index in [1.165, 1.54) is 0 Å². The summed E-state index contributed by atoms with van der Waals surface area (Å²) in [4.78, 5) is -0.0848. The van der Waals surface area contributed by atoms with Gasteiger partial charge >= 0.3 is 0 Å². The van der Waals surface area contributed by atoms with Crippen LogP contribution in [0.1, 0.15) is 16.0 Å². The van der Waals surface area contributed by atoms with Crippen LogP contribution in [0, 0.1) is 0 Å². The van der Waals surface area contributed by atoms with Crippen molar-refractivity contribution in [1.29, 1.82) is 0 Å². The number of hydrogen-bond donors (Lipinski definition) is 0. The molecule has 5 heteroatoms. The first-order valence-corrected chi connectivity index (χ1v) is 7.46. The normalized spacial score (nSPS) is 12.5. The van der Waals surface area contributed by atoms with Gasteiger partial charge in [0.1, 0.15) is 0 Å². The molecule has 0 aromatic heterocycles. The van der Waals surface area contributed by atoms with Crippen molar-refractivity contribution in [1.82, 2.24) is 0 Å². The zero-order chi connectivity index (χ0) is 13.3. The molecule has 1 atom stereocenters. The van der Waals surface area contributed by atoms with Crippen LogP contribution in [0.25, 0.3) is 0 Å². The van der Waals surface area contributed by atoms with Crippen LogP contribution < -0.4 is 0 Å². The highest BCUT2D eigenvalue weighted by Crippen LogP contribution is 2.39. The molecule has 0 saturated heterocycles. The van der Waals surface area contributed by atoms with Gasteiger partial charge in [0, 0.05) is 0 Å². The molecule has 0 N–H and O–H groups in total. The number of halogens is 5. The first kappa shape index (κ1) is 14.5. The van der Waals surface area contributed by atoms with E-state index >= 15 is 0 Å². The van der Waals surface area contributed by atoms with E-state index in [0.717, 1.165) is 11.1 Å². The SMILES string of the molecule is Clc1ccc(C(Br)c2cccc(Cl)c2Cl)cc1Cl. The highest BCUT2D eigenvalue weighted by molar-refractivity contribution is 9.09. The van der Waals surface area contributed by atoms with E-state index in [1.807, 2.05) is 18.2 Å². The summed E-state index contributed by atoms with van der Waals surface area (Å²) in [5.41, 5.74) is 1.86. The summed E-state index contributed by atoms with van der Waals surface area (Å²) in [5.74, 6) is 0. The Morgan fingerprint density at radius 2 is 1.56 bits per heavy atom. The van der Waals surface area contributed by atoms with E-state index in [-0.39, 0.29) is 4.83 Å². The lowest BCUT2D eigenvalue weighted by Crippen LogP contribution is -1.94. The van der Waals surface area contributed by atoms with Gasteiger partial charge in [-0.2, -0.15) is 0 Å². The molecule has 0 heterocycles. The molecule has 0 nitrogen and oxygen atoms in total. The maximum Gasteiger partial charge on any atom is 0.0660 e. The molecule has 0 aliphatic heterocycles. The van der Waals surface area contributed by atoms with Crippen LogP contribution in [0.15, 0.2) is 36.4 Å². The number of alkyl halides is 1. The minimum Gasteiger partial charge on any atom is -0.0827 e. The van der Waals surface area contributed by atoms with Gasteiger partial charge in [-0.05, 0) is 29.3 Å². The van der Waals surface area contributed by atoms with Gasteiger partial charge in [-0.25, -0.2) is 0 Å². The summed E-state index contributed by atoms with van der Waals surface area (Å²) >= 11 is 27.7. The van der Waals surface area contributed by atoms with E-state index in [0.29, 0.717) is 20.1 Å². The fourth-order valence-electron chi connectivity index (χ4n) is 1.57. The third-order valence-corrected chi connectivity index (χ3v) is 5.09. The van der Waals surface area contributed by atoms with Crippen molar-refractivity contribution < 1.29 is 0 Å². The molecular formula is C13H7BrCl4. The summed E-state index contributed by atoms with van der Waals surface area (Å²) < 4.78 is 0. The first-order valence-electron chi connectivity index (χ1n) is 5.03. The average molecular weight is 385 g/mol. The Bertz CT molecular complexity index is 583. The minimum atomic E-state index is -0.0848. The lowest BCUT2D eigenvalue weighted by molar-refractivity contribution is 1.18. The third kappa shape index (κ3) is 2.97. The highest BCUT2D eigenvalue weighted by atomic mass is 79.9. The number of hydrogen-bond acceptors (Lipinski definition) is 0. The Morgan fingerprint density at radius 3 is 2.22 bits per heavy atom. The monoisotopic (exact) mass is 382 g/mol. The fourth-order valence-corrected chi connectivity index (χ4v) is 3.09. The molecule has 0 amide bonds. The smallest absolute Gasteiger partial charge is 0.0660 e. The molecule has 2 aromatic carbocycles. The summed E-state index contributed by atoms with van der Waals surface area (Å²) in [6.45, 7) is 0. The molecule has 0 radical (unpaired) electrons. The van der Waals surface area contributed by atoms with E-state index in [2.05, 4.69) is 15.9 Å². The topological polar surface area (TPSA) is 0 Å². The summed E-state index contributed by atoms with van der Waals surface area (Å²) in [7, 11) is 0. The van der Waals surface area contributed by atoms with Gasteiger partial charge in [-0.1, -0.05) is 80.5 Å². The largest absolute Gasteiger partial charge is 0.0827 e. The predicted octanol–water partition coefficient (Wildman–Crippen LogP) is 6.78. The predicted molar refractivity (Wildman–Crippen MR) is 83.7 cm³/mol. The van der Waals surface area contributed by atoms with E-state index in [4.69, 9.17) is 46.4 Å². The van der Waals surface area contributed by atoms with Crippen molar-refractivity contribution >= 4 is 62.3 Å². The van der Waals surface area contributed by atoms with Crippen molar-refractivity contribution in [2.24, 2.45) is 0 Å². The molecule has 2 rings (SSSR count). The molecule has 18 heavy (non-hydrogen) atoms. The van der Waals surface area contributed by atoms with Crippen LogP contribution in [0.4, 0.5) is 0 Å². The van der Waals surface area contributed by atoms with Crippen LogP contribution in [-0.2, 0) is 0 Å². The molecule has 0 aliphatic carbocycles. The van der Waals surface area contributed by atoms with Crippen molar-refractivity contribution in [3.8, 4) is 0 Å². The van der Waals surface area contributed by atoms with Gasteiger partial charge in [0.05, 0.1) is 24.9 Å². The summed E-state index contributed by atoms with van der Waals surface area (Å²) in [6.07, 6.45) is 0. The second kappa shape index (κ2) is 6.02. The van der Waals surface area contributed by atoms with Crippen molar-refractivity contribution in [3.05, 3.63) is 67.6 Å². The van der Waals surface area contributed by atoms with Crippen molar-refractivity contribution in [2.75, 3.05) is 0 Å². The molecular weight excluding hydrogens is 378 g/mol. The van der Waals surface area contributed by atoms with E-state index < -0.39 is 0 Å². The Kier molecular flexibility index (Phi) is 4.85. The molecule has 1 unspecified atom stereocenters. The van der Waals surface area contributed by atoms with Gasteiger partial charge in [-0.3, -0.25) is 0 Å². The van der Waals surface area contributed by atoms with Gasteiger partial charge in [0.25, 0.3) is 0 Å². The van der Waals surface area contributed by atoms with Crippen LogP contribution in [0.3, 0.4) is 0 Å². The molecule has 0 spiro atoms. The van der Waals surface area contributed by atoms with Crippen molar-refractivity contribution in [3.63, 3.8) is 0 Å². The molecule has 0 fully saturated rings. The zero-order valence-electron chi connectivity index (χ0n) is 8.93. The molecule has 94 valence electrons.